The van der Waals surface area contributed by atoms with Crippen molar-refractivity contribution in [1.82, 2.24) is 9.55 Å². The van der Waals surface area contributed by atoms with E-state index in [0.717, 1.165) is 15.7 Å². The van der Waals surface area contributed by atoms with Crippen molar-refractivity contribution < 1.29 is 61.0 Å². The Morgan fingerprint density at radius 3 is 2.27 bits per heavy atom. The molecular weight excluding hydrogens is 613 g/mol. The van der Waals surface area contributed by atoms with Gasteiger partial charge < -0.3 is 34.2 Å². The predicted octanol–water partition coefficient (Wildman–Crippen LogP) is 1.54. The van der Waals surface area contributed by atoms with E-state index >= 15 is 0 Å². The maximum atomic E-state index is 12.5. The molecule has 0 bridgehead atoms. The molecule has 41 heavy (non-hydrogen) atoms. The number of aromatic nitrogens is 2. The number of ether oxygens (including phenoxy) is 2. The molecule has 230 valence electrons. The first-order chi connectivity index (χ1) is 18.8. The number of benzene rings is 1. The molecule has 6 N–H and O–H groups in total. The van der Waals surface area contributed by atoms with E-state index < -0.39 is 59.8 Å². The zero-order chi connectivity index (χ0) is 30.8. The van der Waals surface area contributed by atoms with Crippen LogP contribution in [0.1, 0.15) is 50.1 Å². The molecule has 0 saturated carbocycles. The van der Waals surface area contributed by atoms with E-state index in [0.29, 0.717) is 0 Å². The maximum Gasteiger partial charge on any atom is 0.490 e. The first-order valence-corrected chi connectivity index (χ1v) is 16.4. The van der Waals surface area contributed by atoms with Gasteiger partial charge in [0.2, 0.25) is 0 Å². The molecule has 2 unspecified atom stereocenters. The highest BCUT2D eigenvalue weighted by atomic mass is 31.3. The lowest BCUT2D eigenvalue weighted by Crippen LogP contribution is -2.34. The number of aromatic amines is 1. The van der Waals surface area contributed by atoms with Gasteiger partial charge in [-0.15, -0.1) is 0 Å². The average Bonchev–Trinajstić information content (AvgIpc) is 3.16. The maximum absolute atomic E-state index is 12.5. The van der Waals surface area contributed by atoms with Gasteiger partial charge in [0.1, 0.15) is 12.3 Å². The lowest BCUT2D eigenvalue weighted by Gasteiger charge is -2.22. The van der Waals surface area contributed by atoms with Gasteiger partial charge in [-0.1, -0.05) is 45.0 Å². The van der Waals surface area contributed by atoms with E-state index in [9.17, 15) is 38.2 Å². The fourth-order valence-electron chi connectivity index (χ4n) is 4.00. The first-order valence-electron chi connectivity index (χ1n) is 11.9. The van der Waals surface area contributed by atoms with Gasteiger partial charge in [0, 0.05) is 12.6 Å². The topological polar surface area (TPSA) is 253 Å². The number of rotatable bonds is 12. The minimum Gasteiger partial charge on any atom is -0.390 e. The highest BCUT2D eigenvalue weighted by molar-refractivity contribution is 7.66. The Hall–Kier alpha value is -1.81. The first kappa shape index (κ1) is 33.7. The number of aliphatic hydroxyl groups excluding tert-OH is 1. The van der Waals surface area contributed by atoms with Crippen LogP contribution in [-0.4, -0.2) is 53.0 Å². The second-order valence-corrected chi connectivity index (χ2v) is 14.5. The molecule has 1 aromatic heterocycles. The third kappa shape index (κ3) is 9.87. The summed E-state index contributed by atoms with van der Waals surface area (Å²) in [6, 6.07) is 7.67. The summed E-state index contributed by atoms with van der Waals surface area (Å²) in [4.78, 5) is 63.0. The van der Waals surface area contributed by atoms with Gasteiger partial charge in [0.15, 0.2) is 0 Å². The summed E-state index contributed by atoms with van der Waals surface area (Å²) < 4.78 is 58.1. The third-order valence-electron chi connectivity index (χ3n) is 5.71. The fourth-order valence-corrected chi connectivity index (χ4v) is 7.03. The van der Waals surface area contributed by atoms with E-state index in [2.05, 4.69) is 38.9 Å². The summed E-state index contributed by atoms with van der Waals surface area (Å²) in [5.74, 6) is 0. The van der Waals surface area contributed by atoms with Crippen molar-refractivity contribution in [2.75, 3.05) is 6.61 Å². The summed E-state index contributed by atoms with van der Waals surface area (Å²) in [6.45, 7) is 5.27. The van der Waals surface area contributed by atoms with Crippen LogP contribution in [0.15, 0.2) is 40.1 Å². The van der Waals surface area contributed by atoms with E-state index in [1.165, 1.54) is 6.20 Å². The molecule has 2 aromatic rings. The average molecular weight is 644 g/mol. The molecule has 1 saturated heterocycles. The molecule has 0 radical (unpaired) electrons. The van der Waals surface area contributed by atoms with Crippen LogP contribution >= 0.6 is 23.5 Å². The van der Waals surface area contributed by atoms with Gasteiger partial charge in [-0.3, -0.25) is 18.9 Å². The molecule has 0 spiro atoms. The van der Waals surface area contributed by atoms with Gasteiger partial charge >= 0.3 is 29.2 Å². The molecular formula is C21H31N2O15P3. The van der Waals surface area contributed by atoms with Crippen LogP contribution in [0, 0.1) is 0 Å². The Morgan fingerprint density at radius 2 is 1.63 bits per heavy atom. The molecule has 2 heterocycles. The smallest absolute Gasteiger partial charge is 0.390 e. The van der Waals surface area contributed by atoms with Crippen molar-refractivity contribution in [3.8, 4) is 0 Å². The number of hydrogen-bond acceptors (Lipinski definition) is 11. The van der Waals surface area contributed by atoms with E-state index in [1.54, 1.807) is 0 Å². The summed E-state index contributed by atoms with van der Waals surface area (Å²) in [6.07, 6.45) is -2.93. The molecule has 20 heteroatoms. The predicted molar refractivity (Wildman–Crippen MR) is 139 cm³/mol. The normalized spacial score (nSPS) is 22.8. The Bertz CT molecular complexity index is 1490. The minimum absolute atomic E-state index is 0.0765. The number of hydrogen-bond donors (Lipinski definition) is 6. The SMILES string of the molecule is CC(C)(C)c1ccccc1COCc1cn([C@H]2C[C@H](O)[C@@H](COP(=O)(O)OP(=O)(O)OP(=O)(O)O)O2)c(=O)[nH]c1=O. The zero-order valence-corrected chi connectivity index (χ0v) is 24.7. The van der Waals surface area contributed by atoms with E-state index in [-0.39, 0.29) is 30.6 Å². The molecule has 1 fully saturated rings. The van der Waals surface area contributed by atoms with Crippen LogP contribution in [0.2, 0.25) is 0 Å². The lowest BCUT2D eigenvalue weighted by atomic mass is 9.84. The summed E-state index contributed by atoms with van der Waals surface area (Å²) in [5.41, 5.74) is 0.351. The monoisotopic (exact) mass is 644 g/mol. The Kier molecular flexibility index (Phi) is 10.5. The van der Waals surface area contributed by atoms with Crippen LogP contribution in [0.3, 0.4) is 0 Å². The summed E-state index contributed by atoms with van der Waals surface area (Å²) >= 11 is 0. The molecule has 0 aliphatic carbocycles. The number of aliphatic hydroxyl groups is 1. The molecule has 1 aromatic carbocycles. The van der Waals surface area contributed by atoms with Crippen LogP contribution in [0.5, 0.6) is 0 Å². The van der Waals surface area contributed by atoms with E-state index in [1.807, 2.05) is 24.3 Å². The molecule has 5 atom stereocenters. The minimum atomic E-state index is -5.72. The van der Waals surface area contributed by atoms with Crippen molar-refractivity contribution in [3.05, 3.63) is 68.0 Å². The molecule has 0 amide bonds. The lowest BCUT2D eigenvalue weighted by molar-refractivity contribution is -0.0452. The highest BCUT2D eigenvalue weighted by Gasteiger charge is 2.43. The van der Waals surface area contributed by atoms with Crippen LogP contribution < -0.4 is 11.2 Å². The van der Waals surface area contributed by atoms with Crippen LogP contribution in [-0.2, 0) is 54.9 Å². The largest absolute Gasteiger partial charge is 0.490 e. The second-order valence-electron chi connectivity index (χ2n) is 10.0. The molecule has 1 aliphatic heterocycles. The Morgan fingerprint density at radius 1 is 1.00 bits per heavy atom. The summed E-state index contributed by atoms with van der Waals surface area (Å²) in [5, 5.41) is 10.3. The Balaban J connectivity index is 1.65. The van der Waals surface area contributed by atoms with Crippen molar-refractivity contribution in [3.63, 3.8) is 0 Å². The molecule has 1 aliphatic rings. The van der Waals surface area contributed by atoms with Crippen LogP contribution in [0.4, 0.5) is 0 Å². The number of phosphoric ester groups is 1. The zero-order valence-electron chi connectivity index (χ0n) is 22.1. The van der Waals surface area contributed by atoms with E-state index in [4.69, 9.17) is 19.3 Å². The van der Waals surface area contributed by atoms with Crippen molar-refractivity contribution >= 4 is 23.5 Å². The Labute approximate surface area is 233 Å². The van der Waals surface area contributed by atoms with Crippen molar-refractivity contribution in [1.29, 1.82) is 0 Å². The standard InChI is InChI=1S/C21H31N2O15P3/c1-21(2,3)15-7-5-4-6-13(15)10-34-11-14-9-23(20(26)22-19(14)25)18-8-16(24)17(36-18)12-35-40(30,31)38-41(32,33)37-39(27,28)29/h4-7,9,16-18,24H,8,10-12H2,1-3H3,(H,30,31)(H,32,33)(H,22,25,26)(H2,27,28,29)/t16-,17+,18+/m0/s1. The van der Waals surface area contributed by atoms with Crippen LogP contribution in [0.25, 0.3) is 0 Å². The number of H-pyrrole nitrogens is 1. The third-order valence-corrected chi connectivity index (χ3v) is 9.52. The fraction of sp³-hybridized carbons (Fsp3) is 0.524. The van der Waals surface area contributed by atoms with Gasteiger partial charge in [-0.2, -0.15) is 8.62 Å². The van der Waals surface area contributed by atoms with Gasteiger partial charge in [0.25, 0.3) is 5.56 Å². The number of nitrogens with one attached hydrogen (secondary N) is 1. The number of phosphoric acid groups is 3. The van der Waals surface area contributed by atoms with Gasteiger partial charge in [-0.25, -0.2) is 18.5 Å². The molecule has 3 rings (SSSR count). The second kappa shape index (κ2) is 12.8. The highest BCUT2D eigenvalue weighted by Crippen LogP contribution is 2.66. The van der Waals surface area contributed by atoms with Gasteiger partial charge in [0.05, 0.1) is 31.5 Å². The van der Waals surface area contributed by atoms with Crippen molar-refractivity contribution in [2.45, 2.75) is 64.3 Å². The summed E-state index contributed by atoms with van der Waals surface area (Å²) in [7, 11) is -16.7. The number of nitrogens with zero attached hydrogens (tertiary/aromatic N) is 1. The molecule has 17 nitrogen and oxygen atoms in total. The van der Waals surface area contributed by atoms with Gasteiger partial charge in [-0.05, 0) is 16.5 Å². The van der Waals surface area contributed by atoms with Crippen molar-refractivity contribution in [2.24, 2.45) is 0 Å². The quantitative estimate of drug-likeness (QED) is 0.179.